The van der Waals surface area contributed by atoms with E-state index in [2.05, 4.69) is 15.2 Å². The van der Waals surface area contributed by atoms with Gasteiger partial charge in [-0.15, -0.1) is 0 Å². The number of phenolic OH excluding ortho intramolecular Hbond substituents is 1. The number of phenols is 1. The number of amides is 1. The highest BCUT2D eigenvalue weighted by atomic mass is 19.1. The van der Waals surface area contributed by atoms with Gasteiger partial charge in [-0.3, -0.25) is 9.89 Å². The number of nitrogens with one attached hydrogen (secondary N) is 2. The van der Waals surface area contributed by atoms with E-state index in [4.69, 9.17) is 4.98 Å². The van der Waals surface area contributed by atoms with Crippen LogP contribution in [0.25, 0.3) is 33.5 Å². The monoisotopic (exact) mass is 503 g/mol. The van der Waals surface area contributed by atoms with E-state index >= 15 is 4.39 Å². The Hall–Kier alpha value is -3.75. The fourth-order valence-corrected chi connectivity index (χ4v) is 6.59. The standard InChI is InChI=1S/C28H27F2N5O2/c1-2-14-10-23(36)18(29)11-17(14)15-8-19(30)24-21(9-15)33-34-25(24)26-31-20-5-7-35(13-22(20)32-26)27(37)28-6-3-4-16(28)12-28/h8-11,16,36H,2-7,12-13H2,1H3,(H,31,32)(H,33,34)/t16-,28-/m1/s1. The first-order valence-electron chi connectivity index (χ1n) is 12.9. The largest absolute Gasteiger partial charge is 0.505 e. The van der Waals surface area contributed by atoms with Crippen molar-refractivity contribution < 1.29 is 18.7 Å². The number of aryl methyl sites for hydroxylation is 1. The summed E-state index contributed by atoms with van der Waals surface area (Å²) in [5, 5.41) is 17.3. The molecule has 3 aliphatic rings. The first-order valence-corrected chi connectivity index (χ1v) is 12.9. The Balaban J connectivity index is 1.21. The van der Waals surface area contributed by atoms with Crippen molar-refractivity contribution in [1.82, 2.24) is 25.1 Å². The van der Waals surface area contributed by atoms with Crippen molar-refractivity contribution >= 4 is 16.8 Å². The summed E-state index contributed by atoms with van der Waals surface area (Å²) in [6.45, 7) is 3.02. The van der Waals surface area contributed by atoms with Gasteiger partial charge in [0.25, 0.3) is 0 Å². The highest BCUT2D eigenvalue weighted by molar-refractivity contribution is 5.95. The van der Waals surface area contributed by atoms with E-state index in [0.29, 0.717) is 71.0 Å². The summed E-state index contributed by atoms with van der Waals surface area (Å²) in [4.78, 5) is 23.2. The van der Waals surface area contributed by atoms with Crippen LogP contribution in [0, 0.1) is 23.0 Å². The number of H-pyrrole nitrogens is 2. The minimum Gasteiger partial charge on any atom is -0.505 e. The molecule has 2 atom stereocenters. The van der Waals surface area contributed by atoms with Gasteiger partial charge in [0.15, 0.2) is 17.4 Å². The Bertz CT molecular complexity index is 1590. The summed E-state index contributed by atoms with van der Waals surface area (Å²) in [6.07, 6.45) is 5.55. The maximum atomic E-state index is 15.5. The summed E-state index contributed by atoms with van der Waals surface area (Å²) in [5.74, 6) is -0.376. The van der Waals surface area contributed by atoms with Crippen LogP contribution in [0.15, 0.2) is 24.3 Å². The number of aromatic hydroxyl groups is 1. The molecule has 4 aromatic rings. The fourth-order valence-electron chi connectivity index (χ4n) is 6.59. The van der Waals surface area contributed by atoms with E-state index in [0.717, 1.165) is 30.7 Å². The average molecular weight is 504 g/mol. The summed E-state index contributed by atoms with van der Waals surface area (Å²) < 4.78 is 29.6. The number of aromatic nitrogens is 4. The van der Waals surface area contributed by atoms with Gasteiger partial charge in [-0.05, 0) is 72.6 Å². The number of hydrogen-bond acceptors (Lipinski definition) is 4. The summed E-state index contributed by atoms with van der Waals surface area (Å²) >= 11 is 0. The van der Waals surface area contributed by atoms with Crippen LogP contribution in [0.5, 0.6) is 5.75 Å². The van der Waals surface area contributed by atoms with E-state index in [1.807, 2.05) is 11.8 Å². The van der Waals surface area contributed by atoms with Crippen molar-refractivity contribution in [3.05, 3.63) is 52.9 Å². The fraction of sp³-hybridized carbons (Fsp3) is 0.393. The van der Waals surface area contributed by atoms with Crippen molar-refractivity contribution in [3.63, 3.8) is 0 Å². The molecule has 2 saturated carbocycles. The number of hydrogen-bond donors (Lipinski definition) is 3. The third kappa shape index (κ3) is 3.32. The zero-order valence-electron chi connectivity index (χ0n) is 20.5. The van der Waals surface area contributed by atoms with Gasteiger partial charge in [0.05, 0.1) is 34.3 Å². The molecule has 0 unspecified atom stereocenters. The first-order chi connectivity index (χ1) is 17.9. The molecular formula is C28H27F2N5O2. The Labute approximate surface area is 211 Å². The van der Waals surface area contributed by atoms with E-state index in [-0.39, 0.29) is 11.3 Å². The highest BCUT2D eigenvalue weighted by Gasteiger charge is 2.63. The number of carbonyl (C=O) groups excluding carboxylic acids is 1. The average Bonchev–Trinajstić information content (AvgIpc) is 3.26. The van der Waals surface area contributed by atoms with Gasteiger partial charge in [-0.1, -0.05) is 13.3 Å². The van der Waals surface area contributed by atoms with Crippen LogP contribution in [-0.2, 0) is 24.2 Å². The smallest absolute Gasteiger partial charge is 0.229 e. The Morgan fingerprint density at radius 1 is 1.24 bits per heavy atom. The molecule has 2 aromatic carbocycles. The van der Waals surface area contributed by atoms with E-state index in [1.54, 1.807) is 6.07 Å². The molecule has 0 bridgehead atoms. The Morgan fingerprint density at radius 3 is 2.86 bits per heavy atom. The molecule has 37 heavy (non-hydrogen) atoms. The van der Waals surface area contributed by atoms with Crippen LogP contribution in [0.2, 0.25) is 0 Å². The predicted molar refractivity (Wildman–Crippen MR) is 134 cm³/mol. The Kier molecular flexibility index (Phi) is 4.78. The number of aromatic amines is 2. The predicted octanol–water partition coefficient (Wildman–Crippen LogP) is 5.24. The van der Waals surface area contributed by atoms with E-state index in [9.17, 15) is 14.3 Å². The van der Waals surface area contributed by atoms with Crippen LogP contribution >= 0.6 is 0 Å². The van der Waals surface area contributed by atoms with Gasteiger partial charge >= 0.3 is 0 Å². The van der Waals surface area contributed by atoms with Crippen molar-refractivity contribution in [1.29, 1.82) is 0 Å². The number of carbonyl (C=O) groups is 1. The van der Waals surface area contributed by atoms with E-state index < -0.39 is 17.4 Å². The molecule has 1 aliphatic heterocycles. The van der Waals surface area contributed by atoms with Gasteiger partial charge in [-0.25, -0.2) is 13.8 Å². The van der Waals surface area contributed by atoms with Crippen LogP contribution in [0.1, 0.15) is 49.6 Å². The summed E-state index contributed by atoms with van der Waals surface area (Å²) in [5.41, 5.74) is 4.21. The topological polar surface area (TPSA) is 97.9 Å². The molecule has 7 rings (SSSR count). The SMILES string of the molecule is CCc1cc(O)c(F)cc1-c1cc(F)c2c(-c3nc4c([nH]3)CN(C(=O)[C@@]35CCC[C@@H]3C5)CC4)n[nH]c2c1. The van der Waals surface area contributed by atoms with Crippen molar-refractivity contribution in [2.24, 2.45) is 11.3 Å². The van der Waals surface area contributed by atoms with E-state index in [1.165, 1.54) is 24.6 Å². The number of fused-ring (bicyclic) bond motifs is 3. The molecule has 7 nitrogen and oxygen atoms in total. The third-order valence-electron chi connectivity index (χ3n) is 8.66. The van der Waals surface area contributed by atoms with Gasteiger partial charge in [-0.2, -0.15) is 5.10 Å². The minimum absolute atomic E-state index is 0.113. The quantitative estimate of drug-likeness (QED) is 0.355. The summed E-state index contributed by atoms with van der Waals surface area (Å²) in [7, 11) is 0. The lowest BCUT2D eigenvalue weighted by Gasteiger charge is -2.29. The lowest BCUT2D eigenvalue weighted by Crippen LogP contribution is -2.40. The lowest BCUT2D eigenvalue weighted by molar-refractivity contribution is -0.138. The maximum absolute atomic E-state index is 15.5. The molecule has 0 radical (unpaired) electrons. The highest BCUT2D eigenvalue weighted by Crippen LogP contribution is 2.64. The van der Waals surface area contributed by atoms with Gasteiger partial charge < -0.3 is 15.0 Å². The number of imidazole rings is 1. The maximum Gasteiger partial charge on any atom is 0.229 e. The molecule has 2 aliphatic carbocycles. The normalized spacial score (nSPS) is 22.4. The van der Waals surface area contributed by atoms with Crippen molar-refractivity contribution in [2.75, 3.05) is 6.54 Å². The van der Waals surface area contributed by atoms with Crippen LogP contribution in [-0.4, -0.2) is 42.6 Å². The van der Waals surface area contributed by atoms with Crippen molar-refractivity contribution in [3.8, 4) is 28.4 Å². The second kappa shape index (κ2) is 7.87. The molecule has 1 amide bonds. The Morgan fingerprint density at radius 2 is 2.11 bits per heavy atom. The molecule has 3 N–H and O–H groups in total. The van der Waals surface area contributed by atoms with Crippen molar-refractivity contribution in [2.45, 2.75) is 52.0 Å². The molecule has 3 heterocycles. The third-order valence-corrected chi connectivity index (χ3v) is 8.66. The zero-order chi connectivity index (χ0) is 25.5. The van der Waals surface area contributed by atoms with Gasteiger partial charge in [0.1, 0.15) is 11.5 Å². The minimum atomic E-state index is -0.753. The molecule has 2 aromatic heterocycles. The van der Waals surface area contributed by atoms with Crippen LogP contribution < -0.4 is 0 Å². The number of nitrogens with zero attached hydrogens (tertiary/aromatic N) is 3. The second-order valence-electron chi connectivity index (χ2n) is 10.7. The molecule has 190 valence electrons. The number of halogens is 2. The summed E-state index contributed by atoms with van der Waals surface area (Å²) in [6, 6.07) is 5.70. The number of rotatable bonds is 4. The molecule has 2 fully saturated rings. The van der Waals surface area contributed by atoms with Crippen LogP contribution in [0.3, 0.4) is 0 Å². The second-order valence-corrected chi connectivity index (χ2v) is 10.7. The molecule has 0 saturated heterocycles. The molecule has 9 heteroatoms. The van der Waals surface area contributed by atoms with Gasteiger partial charge in [0.2, 0.25) is 5.91 Å². The lowest BCUT2D eigenvalue weighted by atomic mass is 9.96. The first kappa shape index (κ1) is 22.4. The number of benzene rings is 2. The molecule has 0 spiro atoms. The van der Waals surface area contributed by atoms with Gasteiger partial charge in [0, 0.05) is 13.0 Å². The van der Waals surface area contributed by atoms with Crippen LogP contribution in [0.4, 0.5) is 8.78 Å². The zero-order valence-corrected chi connectivity index (χ0v) is 20.5. The molecular weight excluding hydrogens is 476 g/mol.